The summed E-state index contributed by atoms with van der Waals surface area (Å²) in [5, 5.41) is 4.51. The van der Waals surface area contributed by atoms with Gasteiger partial charge in [0.05, 0.1) is 17.1 Å². The number of para-hydroxylation sites is 2. The van der Waals surface area contributed by atoms with Crippen LogP contribution in [0.1, 0.15) is 11.4 Å². The van der Waals surface area contributed by atoms with Crippen molar-refractivity contribution in [1.82, 2.24) is 9.66 Å². The minimum Gasteiger partial charge on any atom is -0.434 e. The second-order valence-corrected chi connectivity index (χ2v) is 4.95. The molecule has 0 aliphatic carbocycles. The molecule has 0 saturated carbocycles. The van der Waals surface area contributed by atoms with Gasteiger partial charge in [-0.2, -0.15) is 18.6 Å². The third-order valence-electron chi connectivity index (χ3n) is 3.36. The summed E-state index contributed by atoms with van der Waals surface area (Å²) in [4.78, 5) is 16.8. The maximum absolute atomic E-state index is 12.5. The number of aromatic nitrogens is 2. The Kier molecular flexibility index (Phi) is 4.33. The number of nitrogens with zero attached hydrogens (tertiary/aromatic N) is 3. The first-order chi connectivity index (χ1) is 11.6. The van der Waals surface area contributed by atoms with Gasteiger partial charge in [0.1, 0.15) is 11.6 Å². The summed E-state index contributed by atoms with van der Waals surface area (Å²) in [6.45, 7) is -1.29. The molecule has 122 valence electrons. The Hall–Kier alpha value is -3.09. The summed E-state index contributed by atoms with van der Waals surface area (Å²) < 4.78 is 30.4. The molecule has 0 unspecified atom stereocenters. The van der Waals surface area contributed by atoms with Gasteiger partial charge in [-0.1, -0.05) is 24.3 Å². The average molecular weight is 329 g/mol. The van der Waals surface area contributed by atoms with Gasteiger partial charge >= 0.3 is 6.61 Å². The molecule has 0 fully saturated rings. The number of aryl methyl sites for hydroxylation is 1. The third-order valence-corrected chi connectivity index (χ3v) is 3.36. The maximum Gasteiger partial charge on any atom is 0.387 e. The fourth-order valence-electron chi connectivity index (χ4n) is 2.28. The first kappa shape index (κ1) is 15.8. The smallest absolute Gasteiger partial charge is 0.387 e. The molecule has 0 spiro atoms. The Morgan fingerprint density at radius 2 is 1.88 bits per heavy atom. The molecule has 5 nitrogen and oxygen atoms in total. The fraction of sp³-hybridized carbons (Fsp3) is 0.118. The average Bonchev–Trinajstić information content (AvgIpc) is 2.55. The van der Waals surface area contributed by atoms with E-state index in [1.54, 1.807) is 49.4 Å². The van der Waals surface area contributed by atoms with Gasteiger partial charge < -0.3 is 4.74 Å². The molecular weight excluding hydrogens is 316 g/mol. The van der Waals surface area contributed by atoms with Gasteiger partial charge in [0.15, 0.2) is 0 Å². The molecule has 3 rings (SSSR count). The van der Waals surface area contributed by atoms with E-state index in [0.29, 0.717) is 22.3 Å². The lowest BCUT2D eigenvalue weighted by molar-refractivity contribution is -0.0499. The van der Waals surface area contributed by atoms with Crippen LogP contribution in [0.4, 0.5) is 8.78 Å². The van der Waals surface area contributed by atoms with Crippen LogP contribution in [-0.4, -0.2) is 22.5 Å². The van der Waals surface area contributed by atoms with Gasteiger partial charge in [-0.15, -0.1) is 0 Å². The highest BCUT2D eigenvalue weighted by Gasteiger charge is 2.09. The van der Waals surface area contributed by atoms with Crippen molar-refractivity contribution in [3.63, 3.8) is 0 Å². The van der Waals surface area contributed by atoms with Crippen LogP contribution in [0.2, 0.25) is 0 Å². The lowest BCUT2D eigenvalue weighted by atomic mass is 10.2. The predicted octanol–water partition coefficient (Wildman–Crippen LogP) is 3.19. The topological polar surface area (TPSA) is 56.5 Å². The summed E-state index contributed by atoms with van der Waals surface area (Å²) in [6.07, 6.45) is 1.29. The number of hydrogen-bond donors (Lipinski definition) is 0. The Bertz CT molecular complexity index is 967. The molecule has 2 aromatic carbocycles. The van der Waals surface area contributed by atoms with E-state index in [1.807, 2.05) is 0 Å². The molecule has 1 aromatic heterocycles. The fourth-order valence-corrected chi connectivity index (χ4v) is 2.28. The van der Waals surface area contributed by atoms with Crippen molar-refractivity contribution < 1.29 is 13.5 Å². The van der Waals surface area contributed by atoms with E-state index in [9.17, 15) is 13.6 Å². The van der Waals surface area contributed by atoms with Crippen LogP contribution in [0.25, 0.3) is 10.9 Å². The molecule has 0 bridgehead atoms. The molecule has 0 radical (unpaired) electrons. The predicted molar refractivity (Wildman–Crippen MR) is 86.8 cm³/mol. The summed E-state index contributed by atoms with van der Waals surface area (Å²) in [5.41, 5.74) is 0.576. The number of ether oxygens (including phenoxy) is 1. The summed E-state index contributed by atoms with van der Waals surface area (Å²) in [6, 6.07) is 13.1. The molecule has 1 heterocycles. The molecule has 0 aliphatic rings. The Labute approximate surface area is 135 Å². The highest BCUT2D eigenvalue weighted by molar-refractivity contribution is 5.83. The minimum absolute atomic E-state index is 0.0179. The van der Waals surface area contributed by atoms with E-state index >= 15 is 0 Å². The van der Waals surface area contributed by atoms with Crippen LogP contribution in [-0.2, 0) is 0 Å². The van der Waals surface area contributed by atoms with Crippen molar-refractivity contribution in [2.45, 2.75) is 13.5 Å². The number of hydrogen-bond acceptors (Lipinski definition) is 4. The Morgan fingerprint density at radius 1 is 1.17 bits per heavy atom. The van der Waals surface area contributed by atoms with Crippen LogP contribution in [0.5, 0.6) is 5.75 Å². The lowest BCUT2D eigenvalue weighted by Gasteiger charge is -2.08. The van der Waals surface area contributed by atoms with E-state index in [4.69, 9.17) is 0 Å². The van der Waals surface area contributed by atoms with E-state index < -0.39 is 6.61 Å². The number of benzene rings is 2. The van der Waals surface area contributed by atoms with Crippen LogP contribution in [0.3, 0.4) is 0 Å². The molecule has 0 atom stereocenters. The van der Waals surface area contributed by atoms with Gasteiger partial charge in [-0.05, 0) is 31.2 Å². The summed E-state index contributed by atoms with van der Waals surface area (Å²) >= 11 is 0. The standard InChI is InChI=1S/C17H13F2N3O2/c1-11-21-14-8-4-3-7-13(14)16(23)22(11)20-10-12-6-2-5-9-15(12)24-17(18)19/h2-10,17H,1H3/b20-10+. The van der Waals surface area contributed by atoms with E-state index in [1.165, 1.54) is 12.3 Å². The van der Waals surface area contributed by atoms with E-state index in [2.05, 4.69) is 14.8 Å². The highest BCUT2D eigenvalue weighted by atomic mass is 19.3. The molecule has 24 heavy (non-hydrogen) atoms. The Balaban J connectivity index is 2.05. The zero-order valence-corrected chi connectivity index (χ0v) is 12.7. The van der Waals surface area contributed by atoms with Gasteiger partial charge in [-0.3, -0.25) is 4.79 Å². The van der Waals surface area contributed by atoms with Crippen molar-refractivity contribution >= 4 is 17.1 Å². The van der Waals surface area contributed by atoms with Crippen LogP contribution in [0.15, 0.2) is 58.4 Å². The van der Waals surface area contributed by atoms with Crippen molar-refractivity contribution in [2.75, 3.05) is 0 Å². The van der Waals surface area contributed by atoms with Crippen molar-refractivity contribution in [3.8, 4) is 5.75 Å². The van der Waals surface area contributed by atoms with Gasteiger partial charge in [-0.25, -0.2) is 4.98 Å². The van der Waals surface area contributed by atoms with Gasteiger partial charge in [0, 0.05) is 5.56 Å². The molecule has 0 aliphatic heterocycles. The summed E-state index contributed by atoms with van der Waals surface area (Å²) in [5.74, 6) is 0.373. The molecular formula is C17H13F2N3O2. The normalized spacial score (nSPS) is 11.5. The van der Waals surface area contributed by atoms with E-state index in [0.717, 1.165) is 4.68 Å². The number of alkyl halides is 2. The molecule has 0 amide bonds. The third kappa shape index (κ3) is 3.15. The quantitative estimate of drug-likeness (QED) is 0.691. The zero-order valence-electron chi connectivity index (χ0n) is 12.7. The molecule has 0 saturated heterocycles. The highest BCUT2D eigenvalue weighted by Crippen LogP contribution is 2.18. The molecule has 0 N–H and O–H groups in total. The van der Waals surface area contributed by atoms with Crippen LogP contribution < -0.4 is 10.3 Å². The van der Waals surface area contributed by atoms with E-state index in [-0.39, 0.29) is 11.3 Å². The number of fused-ring (bicyclic) bond motifs is 1. The second kappa shape index (κ2) is 6.57. The van der Waals surface area contributed by atoms with Crippen LogP contribution in [0, 0.1) is 6.92 Å². The van der Waals surface area contributed by atoms with Crippen molar-refractivity contribution in [3.05, 3.63) is 70.3 Å². The lowest BCUT2D eigenvalue weighted by Crippen LogP contribution is -2.20. The molecule has 7 heteroatoms. The first-order valence-electron chi connectivity index (χ1n) is 7.13. The van der Waals surface area contributed by atoms with Crippen LogP contribution >= 0.6 is 0 Å². The summed E-state index contributed by atoms with van der Waals surface area (Å²) in [7, 11) is 0. The van der Waals surface area contributed by atoms with Crippen molar-refractivity contribution in [2.24, 2.45) is 5.10 Å². The molecule has 3 aromatic rings. The van der Waals surface area contributed by atoms with Gasteiger partial charge in [0.2, 0.25) is 0 Å². The van der Waals surface area contributed by atoms with Crippen molar-refractivity contribution in [1.29, 1.82) is 0 Å². The number of rotatable bonds is 4. The monoisotopic (exact) mass is 329 g/mol. The van der Waals surface area contributed by atoms with Gasteiger partial charge in [0.25, 0.3) is 5.56 Å². The zero-order chi connectivity index (χ0) is 17.1. The first-order valence-corrected chi connectivity index (χ1v) is 7.13. The number of halogens is 2. The largest absolute Gasteiger partial charge is 0.434 e. The maximum atomic E-state index is 12.5. The SMILES string of the molecule is Cc1nc2ccccc2c(=O)n1/N=C/c1ccccc1OC(F)F. The second-order valence-electron chi connectivity index (χ2n) is 4.95. The minimum atomic E-state index is -2.94. The Morgan fingerprint density at radius 3 is 2.67 bits per heavy atom.